The maximum Gasteiger partial charge on any atom is 0.184 e. The lowest BCUT2D eigenvalue weighted by Gasteiger charge is -2.18. The van der Waals surface area contributed by atoms with Crippen LogP contribution in [-0.4, -0.2) is 19.4 Å². The maximum atomic E-state index is 13.1. The highest BCUT2D eigenvalue weighted by molar-refractivity contribution is 7.20. The molecule has 2 rings (SSSR count). The van der Waals surface area contributed by atoms with Crippen LogP contribution in [0.25, 0.3) is 0 Å². The van der Waals surface area contributed by atoms with Crippen molar-refractivity contribution >= 4 is 46.0 Å². The first-order valence-corrected chi connectivity index (χ1v) is 6.99. The minimum Gasteiger partial charge on any atom is -0.367 e. The molecule has 0 saturated carbocycles. The van der Waals surface area contributed by atoms with Gasteiger partial charge >= 0.3 is 0 Å². The van der Waals surface area contributed by atoms with E-state index < -0.39 is 0 Å². The van der Waals surface area contributed by atoms with Crippen LogP contribution in [0.1, 0.15) is 10.4 Å². The molecule has 0 radical (unpaired) electrons. The van der Waals surface area contributed by atoms with Gasteiger partial charge in [-0.25, -0.2) is 4.39 Å². The molecule has 100 valence electrons. The first kappa shape index (κ1) is 14.3. The summed E-state index contributed by atoms with van der Waals surface area (Å²) in [6.07, 6.45) is 0. The first-order valence-electron chi connectivity index (χ1n) is 5.42. The summed E-state index contributed by atoms with van der Waals surface area (Å²) in [6, 6.07) is 7.61. The predicted molar refractivity (Wildman–Crippen MR) is 78.3 cm³/mol. The summed E-state index contributed by atoms with van der Waals surface area (Å²) in [4.78, 5) is 13.7. The van der Waals surface area contributed by atoms with E-state index in [1.54, 1.807) is 30.1 Å². The summed E-state index contributed by atoms with van der Waals surface area (Å²) in [7, 11) is 1.72. The molecule has 2 nitrogen and oxygen atoms in total. The standard InChI is InChI=1S/C13H10Cl2FNOS/c1-17(9-4-2-3-8(16)5-9)7-11(18)10-6-12(14)19-13(10)15/h2-6H,7H2,1H3. The van der Waals surface area contributed by atoms with Crippen LogP contribution >= 0.6 is 34.5 Å². The lowest BCUT2D eigenvalue weighted by atomic mass is 10.2. The molecule has 0 aliphatic heterocycles. The topological polar surface area (TPSA) is 20.3 Å². The molecule has 1 aromatic carbocycles. The molecule has 0 unspecified atom stereocenters. The molecule has 0 amide bonds. The number of carbonyl (C=O) groups is 1. The zero-order chi connectivity index (χ0) is 14.0. The highest BCUT2D eigenvalue weighted by atomic mass is 35.5. The van der Waals surface area contributed by atoms with Gasteiger partial charge in [-0.15, -0.1) is 11.3 Å². The van der Waals surface area contributed by atoms with Crippen molar-refractivity contribution < 1.29 is 9.18 Å². The van der Waals surface area contributed by atoms with Crippen molar-refractivity contribution in [1.82, 2.24) is 0 Å². The van der Waals surface area contributed by atoms with E-state index in [-0.39, 0.29) is 18.1 Å². The summed E-state index contributed by atoms with van der Waals surface area (Å²) in [6.45, 7) is 0.107. The molecular weight excluding hydrogens is 308 g/mol. The number of hydrogen-bond acceptors (Lipinski definition) is 3. The molecule has 0 spiro atoms. The minimum absolute atomic E-state index is 0.107. The van der Waals surface area contributed by atoms with Crippen LogP contribution in [0.5, 0.6) is 0 Å². The van der Waals surface area contributed by atoms with Gasteiger partial charge in [0.2, 0.25) is 0 Å². The molecule has 0 aliphatic rings. The second-order valence-electron chi connectivity index (χ2n) is 4.00. The van der Waals surface area contributed by atoms with Crippen LogP contribution in [0.4, 0.5) is 10.1 Å². The number of hydrogen-bond donors (Lipinski definition) is 0. The zero-order valence-electron chi connectivity index (χ0n) is 9.99. The Morgan fingerprint density at radius 2 is 2.11 bits per heavy atom. The van der Waals surface area contributed by atoms with Gasteiger partial charge in [-0.05, 0) is 24.3 Å². The monoisotopic (exact) mass is 317 g/mol. The number of halogens is 3. The molecule has 0 saturated heterocycles. The van der Waals surface area contributed by atoms with Gasteiger partial charge in [0.15, 0.2) is 5.78 Å². The number of ketones is 1. The molecule has 0 fully saturated rings. The van der Waals surface area contributed by atoms with Crippen LogP contribution in [0.2, 0.25) is 8.67 Å². The van der Waals surface area contributed by atoms with Crippen molar-refractivity contribution in [3.63, 3.8) is 0 Å². The third-order valence-electron chi connectivity index (χ3n) is 2.59. The van der Waals surface area contributed by atoms with Crippen LogP contribution in [0, 0.1) is 5.82 Å². The SMILES string of the molecule is CN(CC(=O)c1cc(Cl)sc1Cl)c1cccc(F)c1. The molecule has 19 heavy (non-hydrogen) atoms. The van der Waals surface area contributed by atoms with Gasteiger partial charge < -0.3 is 4.90 Å². The number of benzene rings is 1. The Balaban J connectivity index is 2.13. The smallest absolute Gasteiger partial charge is 0.184 e. The van der Waals surface area contributed by atoms with E-state index in [4.69, 9.17) is 23.2 Å². The fourth-order valence-corrected chi connectivity index (χ4v) is 3.13. The molecule has 1 aromatic heterocycles. The molecule has 1 heterocycles. The first-order chi connectivity index (χ1) is 8.97. The summed E-state index contributed by atoms with van der Waals surface area (Å²) in [5.41, 5.74) is 1.03. The predicted octanol–water partition coefficient (Wildman–Crippen LogP) is 4.51. The maximum absolute atomic E-state index is 13.1. The Morgan fingerprint density at radius 3 is 2.68 bits per heavy atom. The molecular formula is C13H10Cl2FNOS. The summed E-state index contributed by atoms with van der Waals surface area (Å²) < 4.78 is 14.0. The van der Waals surface area contributed by atoms with Crippen molar-refractivity contribution in [2.45, 2.75) is 0 Å². The van der Waals surface area contributed by atoms with Crippen LogP contribution < -0.4 is 4.90 Å². The lowest BCUT2D eigenvalue weighted by molar-refractivity contribution is 0.100. The number of nitrogens with zero attached hydrogens (tertiary/aromatic N) is 1. The normalized spacial score (nSPS) is 10.5. The number of anilines is 1. The average molecular weight is 318 g/mol. The third kappa shape index (κ3) is 3.47. The minimum atomic E-state index is -0.339. The Labute approximate surface area is 124 Å². The summed E-state index contributed by atoms with van der Waals surface area (Å²) >= 11 is 12.9. The number of rotatable bonds is 4. The summed E-state index contributed by atoms with van der Waals surface area (Å²) in [5.74, 6) is -0.492. The van der Waals surface area contributed by atoms with E-state index in [1.165, 1.54) is 12.1 Å². The van der Waals surface area contributed by atoms with Crippen LogP contribution in [0.3, 0.4) is 0 Å². The van der Waals surface area contributed by atoms with Crippen molar-refractivity contribution in [2.24, 2.45) is 0 Å². The number of Topliss-reactive ketones (excluding diaryl/α,β-unsaturated/α-hetero) is 1. The van der Waals surface area contributed by atoms with Crippen molar-refractivity contribution in [3.05, 3.63) is 50.4 Å². The zero-order valence-corrected chi connectivity index (χ0v) is 12.3. The highest BCUT2D eigenvalue weighted by Crippen LogP contribution is 2.31. The van der Waals surface area contributed by atoms with Gasteiger partial charge in [0.25, 0.3) is 0 Å². The largest absolute Gasteiger partial charge is 0.367 e. The molecule has 0 atom stereocenters. The van der Waals surface area contributed by atoms with E-state index in [2.05, 4.69) is 0 Å². The fourth-order valence-electron chi connectivity index (χ4n) is 1.64. The van der Waals surface area contributed by atoms with Gasteiger partial charge in [0.1, 0.15) is 10.2 Å². The Bertz CT molecular complexity index is 614. The van der Waals surface area contributed by atoms with Gasteiger partial charge in [0.05, 0.1) is 16.4 Å². The summed E-state index contributed by atoms with van der Waals surface area (Å²) in [5, 5.41) is 0. The number of likely N-dealkylation sites (N-methyl/N-ethyl adjacent to an activating group) is 1. The second kappa shape index (κ2) is 5.90. The number of carbonyl (C=O) groups excluding carboxylic acids is 1. The van der Waals surface area contributed by atoms with E-state index >= 15 is 0 Å². The van der Waals surface area contributed by atoms with Crippen LogP contribution in [0.15, 0.2) is 30.3 Å². The van der Waals surface area contributed by atoms with Gasteiger partial charge in [-0.2, -0.15) is 0 Å². The third-order valence-corrected chi connectivity index (χ3v) is 4.07. The fraction of sp³-hybridized carbons (Fsp3) is 0.154. The van der Waals surface area contributed by atoms with Crippen molar-refractivity contribution in [1.29, 1.82) is 0 Å². The molecule has 0 bridgehead atoms. The van der Waals surface area contributed by atoms with Crippen molar-refractivity contribution in [2.75, 3.05) is 18.5 Å². The van der Waals surface area contributed by atoms with E-state index in [0.717, 1.165) is 11.3 Å². The van der Waals surface area contributed by atoms with E-state index in [1.807, 2.05) is 0 Å². The highest BCUT2D eigenvalue weighted by Gasteiger charge is 2.16. The molecule has 0 aliphatic carbocycles. The molecule has 6 heteroatoms. The Kier molecular flexibility index (Phi) is 4.45. The van der Waals surface area contributed by atoms with E-state index in [9.17, 15) is 9.18 Å². The molecule has 2 aromatic rings. The van der Waals surface area contributed by atoms with Gasteiger partial charge in [-0.3, -0.25) is 4.79 Å². The van der Waals surface area contributed by atoms with Gasteiger partial charge in [-0.1, -0.05) is 29.3 Å². The Hall–Kier alpha value is -1.10. The van der Waals surface area contributed by atoms with Crippen LogP contribution in [-0.2, 0) is 0 Å². The average Bonchev–Trinajstić information content (AvgIpc) is 2.68. The molecule has 0 N–H and O–H groups in total. The quantitative estimate of drug-likeness (QED) is 0.773. The lowest BCUT2D eigenvalue weighted by Crippen LogP contribution is -2.25. The second-order valence-corrected chi connectivity index (χ2v) is 6.28. The van der Waals surface area contributed by atoms with Gasteiger partial charge in [0, 0.05) is 12.7 Å². The van der Waals surface area contributed by atoms with Crippen molar-refractivity contribution in [3.8, 4) is 0 Å². The van der Waals surface area contributed by atoms with E-state index in [0.29, 0.717) is 19.9 Å². The number of thiophene rings is 1. The Morgan fingerprint density at radius 1 is 1.37 bits per heavy atom.